The molecule has 1 aromatic rings. The summed E-state index contributed by atoms with van der Waals surface area (Å²) in [6.07, 6.45) is 1.97. The van der Waals surface area contributed by atoms with Crippen LogP contribution in [0.15, 0.2) is 30.3 Å². The fourth-order valence-corrected chi connectivity index (χ4v) is 2.78. The molecule has 1 atom stereocenters. The molecule has 1 aliphatic carbocycles. The second kappa shape index (κ2) is 7.32. The number of nitriles is 1. The molecule has 2 rings (SSSR count). The Morgan fingerprint density at radius 1 is 1.27 bits per heavy atom. The van der Waals surface area contributed by atoms with Crippen molar-refractivity contribution in [1.29, 1.82) is 5.26 Å². The molecule has 0 bridgehead atoms. The van der Waals surface area contributed by atoms with Gasteiger partial charge in [-0.1, -0.05) is 18.2 Å². The van der Waals surface area contributed by atoms with Gasteiger partial charge in [-0.3, -0.25) is 9.59 Å². The monoisotopic (exact) mass is 317 g/mol. The molecule has 22 heavy (non-hydrogen) atoms. The van der Waals surface area contributed by atoms with Crippen molar-refractivity contribution in [3.05, 3.63) is 30.3 Å². The molecule has 1 aliphatic rings. The van der Waals surface area contributed by atoms with E-state index < -0.39 is 5.54 Å². The molecule has 0 radical (unpaired) electrons. The van der Waals surface area contributed by atoms with Crippen LogP contribution in [0.2, 0.25) is 0 Å². The molecular formula is C16H19N3O2S. The first kappa shape index (κ1) is 16.4. The minimum Gasteiger partial charge on any atom is -0.337 e. The predicted octanol–water partition coefficient (Wildman–Crippen LogP) is 2.17. The Hall–Kier alpha value is -2.00. The van der Waals surface area contributed by atoms with Crippen LogP contribution in [0.25, 0.3) is 0 Å². The van der Waals surface area contributed by atoms with Crippen LogP contribution >= 0.6 is 11.8 Å². The summed E-state index contributed by atoms with van der Waals surface area (Å²) in [5.74, 6) is 0.289. The third-order valence-electron chi connectivity index (χ3n) is 3.55. The van der Waals surface area contributed by atoms with Gasteiger partial charge in [0.1, 0.15) is 5.54 Å². The van der Waals surface area contributed by atoms with Gasteiger partial charge in [-0.15, -0.1) is 11.8 Å². The first-order chi connectivity index (χ1) is 10.5. The molecule has 6 heteroatoms. The number of hydrogen-bond acceptors (Lipinski definition) is 4. The van der Waals surface area contributed by atoms with E-state index >= 15 is 0 Å². The van der Waals surface area contributed by atoms with Crippen molar-refractivity contribution in [2.75, 3.05) is 16.8 Å². The summed E-state index contributed by atoms with van der Waals surface area (Å²) in [5, 5.41) is 14.7. The van der Waals surface area contributed by atoms with E-state index in [1.165, 1.54) is 11.8 Å². The first-order valence-electron chi connectivity index (χ1n) is 7.18. The van der Waals surface area contributed by atoms with E-state index in [1.807, 2.05) is 30.3 Å². The highest BCUT2D eigenvalue weighted by Gasteiger charge is 2.42. The van der Waals surface area contributed by atoms with E-state index in [-0.39, 0.29) is 29.2 Å². The smallest absolute Gasteiger partial charge is 0.234 e. The lowest BCUT2D eigenvalue weighted by Crippen LogP contribution is -2.47. The molecule has 2 N–H and O–H groups in total. The predicted molar refractivity (Wildman–Crippen MR) is 87.3 cm³/mol. The highest BCUT2D eigenvalue weighted by molar-refractivity contribution is 8.00. The second-order valence-electron chi connectivity index (χ2n) is 5.54. The fraction of sp³-hybridized carbons (Fsp3) is 0.438. The highest BCUT2D eigenvalue weighted by atomic mass is 32.2. The lowest BCUT2D eigenvalue weighted by molar-refractivity contribution is -0.119. The summed E-state index contributed by atoms with van der Waals surface area (Å²) >= 11 is 1.24. The molecule has 1 saturated carbocycles. The SMILES string of the molecule is C[C@@](C#N)(NC(=O)CSCC(=O)Nc1ccccc1)C1CC1. The fourth-order valence-electron chi connectivity index (χ4n) is 2.16. The average molecular weight is 317 g/mol. The van der Waals surface area contributed by atoms with Crippen LogP contribution in [0.5, 0.6) is 0 Å². The van der Waals surface area contributed by atoms with Gasteiger partial charge in [0.05, 0.1) is 17.6 Å². The normalized spacial score (nSPS) is 16.2. The number of nitrogens with zero attached hydrogens (tertiary/aromatic N) is 1. The number of carbonyl (C=O) groups excluding carboxylic acids is 2. The lowest BCUT2D eigenvalue weighted by Gasteiger charge is -2.22. The average Bonchev–Trinajstić information content (AvgIpc) is 3.33. The Morgan fingerprint density at radius 3 is 2.50 bits per heavy atom. The van der Waals surface area contributed by atoms with Crippen LogP contribution in [-0.4, -0.2) is 28.9 Å². The summed E-state index contributed by atoms with van der Waals surface area (Å²) < 4.78 is 0. The molecule has 0 heterocycles. The Balaban J connectivity index is 1.68. The number of rotatable bonds is 7. The number of thioether (sulfide) groups is 1. The standard InChI is InChI=1S/C16H19N3O2S/c1-16(11-17,12-7-8-12)19-15(21)10-22-9-14(20)18-13-5-3-2-4-6-13/h2-6,12H,7-10H2,1H3,(H,18,20)(H,19,21)/t16-/m0/s1. The minimum atomic E-state index is -0.774. The van der Waals surface area contributed by atoms with Crippen molar-refractivity contribution in [2.45, 2.75) is 25.3 Å². The van der Waals surface area contributed by atoms with Crippen LogP contribution in [0.1, 0.15) is 19.8 Å². The van der Waals surface area contributed by atoms with Crippen LogP contribution < -0.4 is 10.6 Å². The third kappa shape index (κ3) is 4.78. The summed E-state index contributed by atoms with van der Waals surface area (Å²) in [7, 11) is 0. The highest BCUT2D eigenvalue weighted by Crippen LogP contribution is 2.39. The molecule has 0 unspecified atom stereocenters. The first-order valence-corrected chi connectivity index (χ1v) is 8.34. The third-order valence-corrected chi connectivity index (χ3v) is 4.48. The zero-order valence-electron chi connectivity index (χ0n) is 12.5. The van der Waals surface area contributed by atoms with E-state index in [0.717, 1.165) is 18.5 Å². The van der Waals surface area contributed by atoms with Crippen molar-refractivity contribution in [3.63, 3.8) is 0 Å². The number of para-hydroxylation sites is 1. The van der Waals surface area contributed by atoms with Gasteiger partial charge in [0, 0.05) is 5.69 Å². The van der Waals surface area contributed by atoms with Gasteiger partial charge < -0.3 is 10.6 Å². The molecule has 2 amide bonds. The number of hydrogen-bond donors (Lipinski definition) is 2. The summed E-state index contributed by atoms with van der Waals surface area (Å²) in [6.45, 7) is 1.76. The van der Waals surface area contributed by atoms with E-state index in [4.69, 9.17) is 0 Å². The Kier molecular flexibility index (Phi) is 5.45. The molecule has 0 aliphatic heterocycles. The quantitative estimate of drug-likeness (QED) is 0.807. The van der Waals surface area contributed by atoms with Gasteiger partial charge >= 0.3 is 0 Å². The number of nitrogens with one attached hydrogen (secondary N) is 2. The van der Waals surface area contributed by atoms with Crippen LogP contribution in [0.4, 0.5) is 5.69 Å². The number of amides is 2. The summed E-state index contributed by atoms with van der Waals surface area (Å²) in [5.41, 5.74) is -0.0347. The molecule has 0 spiro atoms. The van der Waals surface area contributed by atoms with E-state index in [1.54, 1.807) is 6.92 Å². The topological polar surface area (TPSA) is 82.0 Å². The van der Waals surface area contributed by atoms with E-state index in [0.29, 0.717) is 0 Å². The number of benzene rings is 1. The van der Waals surface area contributed by atoms with Crippen molar-refractivity contribution < 1.29 is 9.59 Å². The van der Waals surface area contributed by atoms with Crippen LogP contribution in [0, 0.1) is 17.2 Å². The van der Waals surface area contributed by atoms with Gasteiger partial charge in [0.25, 0.3) is 0 Å². The molecule has 1 fully saturated rings. The summed E-state index contributed by atoms with van der Waals surface area (Å²) in [6, 6.07) is 11.4. The molecule has 0 aromatic heterocycles. The van der Waals surface area contributed by atoms with Crippen molar-refractivity contribution in [3.8, 4) is 6.07 Å². The molecule has 1 aromatic carbocycles. The van der Waals surface area contributed by atoms with Gasteiger partial charge in [-0.05, 0) is 37.8 Å². The molecule has 116 valence electrons. The minimum absolute atomic E-state index is 0.144. The second-order valence-corrected chi connectivity index (χ2v) is 6.53. The van der Waals surface area contributed by atoms with Crippen LogP contribution in [-0.2, 0) is 9.59 Å². The Labute approximate surface area is 134 Å². The van der Waals surface area contributed by atoms with Crippen molar-refractivity contribution >= 4 is 29.3 Å². The van der Waals surface area contributed by atoms with Gasteiger partial charge in [-0.2, -0.15) is 5.26 Å². The maximum absolute atomic E-state index is 11.9. The number of anilines is 1. The molecule has 0 saturated heterocycles. The zero-order chi connectivity index (χ0) is 16.0. The Morgan fingerprint density at radius 2 is 1.91 bits per heavy atom. The van der Waals surface area contributed by atoms with Gasteiger partial charge in [0.15, 0.2) is 0 Å². The maximum atomic E-state index is 11.9. The number of carbonyl (C=O) groups is 2. The zero-order valence-corrected chi connectivity index (χ0v) is 13.3. The lowest BCUT2D eigenvalue weighted by atomic mass is 9.98. The van der Waals surface area contributed by atoms with Gasteiger partial charge in [-0.25, -0.2) is 0 Å². The van der Waals surface area contributed by atoms with E-state index in [2.05, 4.69) is 16.7 Å². The molecular weight excluding hydrogens is 298 g/mol. The van der Waals surface area contributed by atoms with Crippen molar-refractivity contribution in [1.82, 2.24) is 5.32 Å². The van der Waals surface area contributed by atoms with Crippen molar-refractivity contribution in [2.24, 2.45) is 5.92 Å². The molecule has 5 nitrogen and oxygen atoms in total. The van der Waals surface area contributed by atoms with Crippen LogP contribution in [0.3, 0.4) is 0 Å². The Bertz CT molecular complexity index is 581. The van der Waals surface area contributed by atoms with E-state index in [9.17, 15) is 14.9 Å². The van der Waals surface area contributed by atoms with Gasteiger partial charge in [0.2, 0.25) is 11.8 Å². The maximum Gasteiger partial charge on any atom is 0.234 e. The summed E-state index contributed by atoms with van der Waals surface area (Å²) in [4.78, 5) is 23.6. The largest absolute Gasteiger partial charge is 0.337 e.